The third-order valence-electron chi connectivity index (χ3n) is 4.41. The molecule has 1 aliphatic heterocycles. The molecule has 1 atom stereocenters. The highest BCUT2D eigenvalue weighted by atomic mass is 35.5. The molecule has 0 radical (unpaired) electrons. The summed E-state index contributed by atoms with van der Waals surface area (Å²) in [5.74, 6) is 0.169. The molecule has 0 aromatic heterocycles. The highest BCUT2D eigenvalue weighted by Gasteiger charge is 2.27. The van der Waals surface area contributed by atoms with E-state index in [1.807, 2.05) is 6.07 Å². The van der Waals surface area contributed by atoms with Gasteiger partial charge in [0.15, 0.2) is 0 Å². The Balaban J connectivity index is 0.00000242. The zero-order chi connectivity index (χ0) is 15.2. The molecule has 1 heterocycles. The molecule has 22 heavy (non-hydrogen) atoms. The van der Waals surface area contributed by atoms with E-state index in [1.165, 1.54) is 12.8 Å². The van der Waals surface area contributed by atoms with E-state index in [2.05, 4.69) is 43.1 Å². The van der Waals surface area contributed by atoms with Gasteiger partial charge in [-0.2, -0.15) is 0 Å². The number of carbonyl (C=O) groups excluding carboxylic acids is 1. The van der Waals surface area contributed by atoms with E-state index in [-0.39, 0.29) is 24.4 Å². The number of nitrogens with one attached hydrogen (secondary N) is 1. The first-order chi connectivity index (χ1) is 10.1. The fraction of sp³-hybridized carbons (Fsp3) is 0.611. The summed E-state index contributed by atoms with van der Waals surface area (Å²) >= 11 is 0. The van der Waals surface area contributed by atoms with Crippen LogP contribution in [0.3, 0.4) is 0 Å². The summed E-state index contributed by atoms with van der Waals surface area (Å²) in [4.78, 5) is 15.1. The van der Waals surface area contributed by atoms with Crippen LogP contribution >= 0.6 is 12.4 Å². The van der Waals surface area contributed by atoms with E-state index in [0.29, 0.717) is 0 Å². The van der Waals surface area contributed by atoms with Gasteiger partial charge >= 0.3 is 0 Å². The van der Waals surface area contributed by atoms with Gasteiger partial charge in [-0.05, 0) is 57.3 Å². The van der Waals surface area contributed by atoms with Gasteiger partial charge in [0, 0.05) is 5.69 Å². The lowest BCUT2D eigenvalue weighted by Crippen LogP contribution is -2.44. The summed E-state index contributed by atoms with van der Waals surface area (Å²) < 4.78 is 0. The maximum Gasteiger partial charge on any atom is 0.241 e. The Morgan fingerprint density at radius 2 is 1.91 bits per heavy atom. The number of nitrogens with zero attached hydrogens (tertiary/aromatic N) is 1. The summed E-state index contributed by atoms with van der Waals surface area (Å²) in [6.45, 7) is 8.37. The Morgan fingerprint density at radius 3 is 2.55 bits per heavy atom. The highest BCUT2D eigenvalue weighted by molar-refractivity contribution is 5.96. The van der Waals surface area contributed by atoms with Gasteiger partial charge in [-0.3, -0.25) is 9.69 Å². The van der Waals surface area contributed by atoms with Crippen LogP contribution in [-0.4, -0.2) is 29.9 Å². The van der Waals surface area contributed by atoms with Gasteiger partial charge in [-0.1, -0.05) is 38.0 Å². The smallest absolute Gasteiger partial charge is 0.241 e. The number of likely N-dealkylation sites (tertiary alicyclic amines) is 1. The van der Waals surface area contributed by atoms with Crippen LogP contribution in [0.2, 0.25) is 0 Å². The first-order valence-corrected chi connectivity index (χ1v) is 8.24. The molecule has 0 saturated carbocycles. The van der Waals surface area contributed by atoms with E-state index in [1.54, 1.807) is 0 Å². The number of halogens is 1. The van der Waals surface area contributed by atoms with Crippen molar-refractivity contribution in [3.8, 4) is 0 Å². The summed E-state index contributed by atoms with van der Waals surface area (Å²) in [6.07, 6.45) is 5.70. The van der Waals surface area contributed by atoms with Gasteiger partial charge in [0.05, 0.1) is 6.04 Å². The predicted molar refractivity (Wildman–Crippen MR) is 95.9 cm³/mol. The molecular weight excluding hydrogens is 296 g/mol. The van der Waals surface area contributed by atoms with E-state index >= 15 is 0 Å². The maximum absolute atomic E-state index is 12.8. The number of benzene rings is 1. The van der Waals surface area contributed by atoms with Crippen LogP contribution in [0.4, 0.5) is 5.69 Å². The first kappa shape index (κ1) is 19.0. The SMILES string of the molecule is CCCN1CCCCCC1C(=O)Nc1c(C)cccc1C.Cl. The molecule has 0 bridgehead atoms. The van der Waals surface area contributed by atoms with E-state index in [4.69, 9.17) is 0 Å². The van der Waals surface area contributed by atoms with Gasteiger partial charge in [0.25, 0.3) is 0 Å². The van der Waals surface area contributed by atoms with Crippen LogP contribution < -0.4 is 5.32 Å². The lowest BCUT2D eigenvalue weighted by Gasteiger charge is -2.29. The number of anilines is 1. The quantitative estimate of drug-likeness (QED) is 0.894. The van der Waals surface area contributed by atoms with Crippen LogP contribution in [0.15, 0.2) is 18.2 Å². The van der Waals surface area contributed by atoms with Crippen molar-refractivity contribution in [1.29, 1.82) is 0 Å². The minimum Gasteiger partial charge on any atom is -0.324 e. The standard InChI is InChI=1S/C18H28N2O.ClH/c1-4-12-20-13-7-5-6-11-16(20)18(21)19-17-14(2)9-8-10-15(17)3;/h8-10,16H,4-7,11-13H2,1-3H3,(H,19,21);1H. The first-order valence-electron chi connectivity index (χ1n) is 8.24. The molecular formula is C18H29ClN2O. The molecule has 3 nitrogen and oxygen atoms in total. The molecule has 1 N–H and O–H groups in total. The molecule has 1 aromatic rings. The van der Waals surface area contributed by atoms with Gasteiger partial charge in [-0.25, -0.2) is 0 Å². The second-order valence-electron chi connectivity index (χ2n) is 6.16. The van der Waals surface area contributed by atoms with E-state index in [0.717, 1.165) is 49.2 Å². The van der Waals surface area contributed by atoms with Crippen LogP contribution in [0.1, 0.15) is 50.2 Å². The Morgan fingerprint density at radius 1 is 1.23 bits per heavy atom. The van der Waals surface area contributed by atoms with Gasteiger partial charge < -0.3 is 5.32 Å². The van der Waals surface area contributed by atoms with Crippen LogP contribution in [0.5, 0.6) is 0 Å². The van der Waals surface area contributed by atoms with E-state index in [9.17, 15) is 4.79 Å². The van der Waals surface area contributed by atoms with Crippen molar-refractivity contribution in [1.82, 2.24) is 4.90 Å². The van der Waals surface area contributed by atoms with Gasteiger partial charge in [-0.15, -0.1) is 12.4 Å². The topological polar surface area (TPSA) is 32.3 Å². The fourth-order valence-corrected chi connectivity index (χ4v) is 3.24. The van der Waals surface area contributed by atoms with Crippen LogP contribution in [0, 0.1) is 13.8 Å². The van der Waals surface area contributed by atoms with Crippen molar-refractivity contribution in [2.45, 2.75) is 58.9 Å². The minimum atomic E-state index is 0. The van der Waals surface area contributed by atoms with Gasteiger partial charge in [0.1, 0.15) is 0 Å². The number of carbonyl (C=O) groups is 1. The van der Waals surface area contributed by atoms with Crippen molar-refractivity contribution >= 4 is 24.0 Å². The van der Waals surface area contributed by atoms with Crippen LogP contribution in [0.25, 0.3) is 0 Å². The number of hydrogen-bond donors (Lipinski definition) is 1. The molecule has 1 fully saturated rings. The lowest BCUT2D eigenvalue weighted by atomic mass is 10.1. The second-order valence-corrected chi connectivity index (χ2v) is 6.16. The lowest BCUT2D eigenvalue weighted by molar-refractivity contribution is -0.121. The van der Waals surface area contributed by atoms with E-state index < -0.39 is 0 Å². The van der Waals surface area contributed by atoms with Crippen molar-refractivity contribution in [3.05, 3.63) is 29.3 Å². The number of amides is 1. The molecule has 1 unspecified atom stereocenters. The Hall–Kier alpha value is -1.06. The van der Waals surface area contributed by atoms with Crippen molar-refractivity contribution in [3.63, 3.8) is 0 Å². The summed E-state index contributed by atoms with van der Waals surface area (Å²) in [7, 11) is 0. The molecule has 1 aromatic carbocycles. The molecule has 0 spiro atoms. The van der Waals surface area contributed by atoms with Crippen molar-refractivity contribution in [2.24, 2.45) is 0 Å². The highest BCUT2D eigenvalue weighted by Crippen LogP contribution is 2.22. The zero-order valence-electron chi connectivity index (χ0n) is 14.0. The Bertz CT molecular complexity index is 470. The monoisotopic (exact) mass is 324 g/mol. The molecule has 1 aliphatic rings. The number of hydrogen-bond acceptors (Lipinski definition) is 2. The minimum absolute atomic E-state index is 0. The average Bonchev–Trinajstić information content (AvgIpc) is 2.69. The summed E-state index contributed by atoms with van der Waals surface area (Å²) in [5.41, 5.74) is 3.27. The second kappa shape index (κ2) is 9.16. The average molecular weight is 325 g/mol. The molecule has 1 saturated heterocycles. The van der Waals surface area contributed by atoms with Crippen molar-refractivity contribution < 1.29 is 4.79 Å². The molecule has 1 amide bonds. The van der Waals surface area contributed by atoms with Crippen LogP contribution in [-0.2, 0) is 4.79 Å². The molecule has 0 aliphatic carbocycles. The normalized spacial score (nSPS) is 19.1. The Kier molecular flexibility index (Phi) is 7.91. The third kappa shape index (κ3) is 4.72. The summed E-state index contributed by atoms with van der Waals surface area (Å²) in [6, 6.07) is 6.18. The number of para-hydroxylation sites is 1. The number of rotatable bonds is 4. The maximum atomic E-state index is 12.8. The predicted octanol–water partition coefficient (Wildman–Crippen LogP) is 4.32. The molecule has 2 rings (SSSR count). The fourth-order valence-electron chi connectivity index (χ4n) is 3.24. The van der Waals surface area contributed by atoms with Gasteiger partial charge in [0.2, 0.25) is 5.91 Å². The largest absolute Gasteiger partial charge is 0.324 e. The molecule has 4 heteroatoms. The Labute approximate surface area is 140 Å². The third-order valence-corrected chi connectivity index (χ3v) is 4.41. The zero-order valence-corrected chi connectivity index (χ0v) is 14.8. The van der Waals surface area contributed by atoms with Crippen molar-refractivity contribution in [2.75, 3.05) is 18.4 Å². The number of aryl methyl sites for hydroxylation is 2. The molecule has 124 valence electrons. The summed E-state index contributed by atoms with van der Waals surface area (Å²) in [5, 5.41) is 3.18.